The molecule has 0 aliphatic carbocycles. The van der Waals surface area contributed by atoms with E-state index < -0.39 is 12.0 Å². The third-order valence-electron chi connectivity index (χ3n) is 5.34. The number of carboxylic acids is 1. The highest BCUT2D eigenvalue weighted by molar-refractivity contribution is 5.96. The van der Waals surface area contributed by atoms with Gasteiger partial charge in [-0.15, -0.1) is 0 Å². The number of amides is 2. The van der Waals surface area contributed by atoms with Crippen molar-refractivity contribution in [3.63, 3.8) is 0 Å². The lowest BCUT2D eigenvalue weighted by Gasteiger charge is -2.26. The molecule has 1 atom stereocenters. The fourth-order valence-electron chi connectivity index (χ4n) is 3.76. The number of carbonyl (C=O) groups is 3. The van der Waals surface area contributed by atoms with E-state index in [-0.39, 0.29) is 24.8 Å². The summed E-state index contributed by atoms with van der Waals surface area (Å²) in [6.07, 6.45) is -0.297. The Bertz CT molecular complexity index is 1100. The molecule has 0 saturated heterocycles. The maximum absolute atomic E-state index is 12.7. The molecule has 8 nitrogen and oxygen atoms in total. The van der Waals surface area contributed by atoms with Crippen LogP contribution in [0.4, 0.5) is 5.69 Å². The molecule has 0 bridgehead atoms. The minimum absolute atomic E-state index is 0.225. The van der Waals surface area contributed by atoms with Crippen molar-refractivity contribution < 1.29 is 19.5 Å². The lowest BCUT2D eigenvalue weighted by molar-refractivity contribution is -0.139. The van der Waals surface area contributed by atoms with Gasteiger partial charge >= 0.3 is 5.97 Å². The van der Waals surface area contributed by atoms with E-state index in [4.69, 9.17) is 5.11 Å². The molecule has 0 radical (unpaired) electrons. The van der Waals surface area contributed by atoms with Crippen LogP contribution < -0.4 is 15.5 Å². The summed E-state index contributed by atoms with van der Waals surface area (Å²) in [4.78, 5) is 41.0. The number of carboxylic acid groups (broad SMARTS) is 1. The molecular weight excluding hydrogens is 384 g/mol. The molecule has 1 aliphatic heterocycles. The summed E-state index contributed by atoms with van der Waals surface area (Å²) in [6.45, 7) is 0.597. The molecule has 1 aromatic heterocycles. The number of aliphatic carboxylic acids is 1. The number of nitrogens with zero attached hydrogens (tertiary/aromatic N) is 1. The molecule has 2 heterocycles. The first-order valence-electron chi connectivity index (χ1n) is 9.62. The van der Waals surface area contributed by atoms with E-state index in [0.717, 1.165) is 27.8 Å². The van der Waals surface area contributed by atoms with Gasteiger partial charge in [0.15, 0.2) is 0 Å². The number of anilines is 1. The Hall–Kier alpha value is -3.81. The molecule has 154 valence electrons. The number of fused-ring (bicyclic) bond motifs is 2. The molecular formula is C22H22N4O4. The molecule has 0 fully saturated rings. The van der Waals surface area contributed by atoms with Gasteiger partial charge in [-0.05, 0) is 41.3 Å². The van der Waals surface area contributed by atoms with E-state index in [1.54, 1.807) is 30.1 Å². The first-order chi connectivity index (χ1) is 14.4. The fraction of sp³-hybridized carbons (Fsp3) is 0.227. The average molecular weight is 406 g/mol. The van der Waals surface area contributed by atoms with E-state index in [0.29, 0.717) is 12.1 Å². The van der Waals surface area contributed by atoms with Crippen molar-refractivity contribution in [2.24, 2.45) is 0 Å². The van der Waals surface area contributed by atoms with Crippen LogP contribution in [-0.4, -0.2) is 41.0 Å². The molecule has 0 spiro atoms. The van der Waals surface area contributed by atoms with Crippen LogP contribution in [0, 0.1) is 0 Å². The smallest absolute Gasteiger partial charge is 0.305 e. The number of hydrogen-bond donors (Lipinski definition) is 4. The van der Waals surface area contributed by atoms with Crippen LogP contribution in [-0.2, 0) is 22.7 Å². The van der Waals surface area contributed by atoms with Crippen LogP contribution in [0.25, 0.3) is 10.9 Å². The molecule has 4 rings (SSSR count). The Kier molecular flexibility index (Phi) is 5.14. The highest BCUT2D eigenvalue weighted by Gasteiger charge is 2.30. The Morgan fingerprint density at radius 3 is 2.77 bits per heavy atom. The van der Waals surface area contributed by atoms with Crippen LogP contribution in [0.5, 0.6) is 0 Å². The molecule has 1 unspecified atom stereocenters. The van der Waals surface area contributed by atoms with Crippen molar-refractivity contribution in [1.82, 2.24) is 15.6 Å². The van der Waals surface area contributed by atoms with Gasteiger partial charge in [-0.1, -0.05) is 18.2 Å². The number of likely N-dealkylation sites (N-methyl/N-ethyl adjacent to an activating group) is 1. The zero-order chi connectivity index (χ0) is 21.3. The number of para-hydroxylation sites is 1. The lowest BCUT2D eigenvalue weighted by Crippen LogP contribution is -2.44. The van der Waals surface area contributed by atoms with Gasteiger partial charge in [0.2, 0.25) is 5.91 Å². The molecule has 30 heavy (non-hydrogen) atoms. The summed E-state index contributed by atoms with van der Waals surface area (Å²) in [5.41, 5.74) is 3.89. The molecule has 1 aliphatic rings. The third-order valence-corrected chi connectivity index (χ3v) is 5.34. The number of H-pyrrole nitrogens is 1. The zero-order valence-electron chi connectivity index (χ0n) is 16.4. The van der Waals surface area contributed by atoms with E-state index in [1.807, 2.05) is 30.3 Å². The molecule has 2 amide bonds. The van der Waals surface area contributed by atoms with E-state index >= 15 is 0 Å². The Labute approximate surface area is 172 Å². The fourth-order valence-corrected chi connectivity index (χ4v) is 3.76. The standard InChI is InChI=1S/C22H22N4O4/c1-26-18-7-6-14(8-15(18)11-23-22(30)19(26)10-20(27)28)21(29)24-12-16-9-13-4-2-3-5-17(13)25-16/h2-9,19,25H,10-12H2,1H3,(H,23,30)(H,24,29)(H,27,28). The highest BCUT2D eigenvalue weighted by Crippen LogP contribution is 2.26. The van der Waals surface area contributed by atoms with Crippen molar-refractivity contribution >= 4 is 34.4 Å². The minimum Gasteiger partial charge on any atom is -0.481 e. The van der Waals surface area contributed by atoms with E-state index in [1.165, 1.54) is 0 Å². The number of benzene rings is 2. The average Bonchev–Trinajstić information content (AvgIpc) is 3.11. The summed E-state index contributed by atoms with van der Waals surface area (Å²) in [6, 6.07) is 14.3. The summed E-state index contributed by atoms with van der Waals surface area (Å²) >= 11 is 0. The molecule has 2 aromatic carbocycles. The van der Waals surface area contributed by atoms with Gasteiger partial charge in [0, 0.05) is 36.1 Å². The maximum Gasteiger partial charge on any atom is 0.305 e. The van der Waals surface area contributed by atoms with Crippen molar-refractivity contribution in [3.8, 4) is 0 Å². The van der Waals surface area contributed by atoms with Crippen LogP contribution in [0.15, 0.2) is 48.5 Å². The number of nitrogens with one attached hydrogen (secondary N) is 3. The van der Waals surface area contributed by atoms with Gasteiger partial charge in [-0.25, -0.2) is 0 Å². The van der Waals surface area contributed by atoms with Gasteiger partial charge in [0.1, 0.15) is 6.04 Å². The quantitative estimate of drug-likeness (QED) is 0.518. The normalized spacial score (nSPS) is 16.0. The topological polar surface area (TPSA) is 115 Å². The predicted octanol–water partition coefficient (Wildman–Crippen LogP) is 2.01. The van der Waals surface area contributed by atoms with E-state index in [9.17, 15) is 14.4 Å². The third kappa shape index (κ3) is 3.84. The van der Waals surface area contributed by atoms with Crippen molar-refractivity contribution in [3.05, 3.63) is 65.4 Å². The zero-order valence-corrected chi connectivity index (χ0v) is 16.4. The van der Waals surface area contributed by atoms with Gasteiger partial charge in [0.25, 0.3) is 5.91 Å². The summed E-state index contributed by atoms with van der Waals surface area (Å²) in [5.74, 6) is -1.61. The summed E-state index contributed by atoms with van der Waals surface area (Å²) in [7, 11) is 1.69. The van der Waals surface area contributed by atoms with E-state index in [2.05, 4.69) is 15.6 Å². The number of aromatic amines is 1. The summed E-state index contributed by atoms with van der Waals surface area (Å²) in [5, 5.41) is 15.8. The van der Waals surface area contributed by atoms with Crippen molar-refractivity contribution in [1.29, 1.82) is 0 Å². The monoisotopic (exact) mass is 406 g/mol. The molecule has 0 saturated carbocycles. The number of carbonyl (C=O) groups excluding carboxylic acids is 2. The van der Waals surface area contributed by atoms with Crippen LogP contribution in [0.2, 0.25) is 0 Å². The second kappa shape index (κ2) is 7.90. The predicted molar refractivity (Wildman–Crippen MR) is 112 cm³/mol. The first kappa shape index (κ1) is 19.5. The van der Waals surface area contributed by atoms with Crippen LogP contribution in [0.3, 0.4) is 0 Å². The molecule has 8 heteroatoms. The second-order valence-corrected chi connectivity index (χ2v) is 7.35. The minimum atomic E-state index is -1.04. The Balaban J connectivity index is 1.50. The Morgan fingerprint density at radius 2 is 2.00 bits per heavy atom. The maximum atomic E-state index is 12.7. The lowest BCUT2D eigenvalue weighted by atomic mass is 10.1. The van der Waals surface area contributed by atoms with Gasteiger partial charge in [-0.3, -0.25) is 14.4 Å². The number of rotatable bonds is 5. The highest BCUT2D eigenvalue weighted by atomic mass is 16.4. The van der Waals surface area contributed by atoms with Crippen molar-refractivity contribution in [2.75, 3.05) is 11.9 Å². The largest absolute Gasteiger partial charge is 0.481 e. The van der Waals surface area contributed by atoms with Crippen molar-refractivity contribution in [2.45, 2.75) is 25.6 Å². The second-order valence-electron chi connectivity index (χ2n) is 7.35. The van der Waals surface area contributed by atoms with Crippen LogP contribution in [0.1, 0.15) is 28.0 Å². The number of hydrogen-bond acceptors (Lipinski definition) is 4. The Morgan fingerprint density at radius 1 is 1.20 bits per heavy atom. The molecule has 3 aromatic rings. The van der Waals surface area contributed by atoms with Crippen LogP contribution >= 0.6 is 0 Å². The van der Waals surface area contributed by atoms with Gasteiger partial charge in [-0.2, -0.15) is 0 Å². The van der Waals surface area contributed by atoms with Gasteiger partial charge in [0.05, 0.1) is 13.0 Å². The first-order valence-corrected chi connectivity index (χ1v) is 9.62. The SMILES string of the molecule is CN1c2ccc(C(=O)NCc3cc4ccccc4[nH]3)cc2CNC(=O)C1CC(=O)O. The number of aromatic nitrogens is 1. The molecule has 4 N–H and O–H groups in total. The van der Waals surface area contributed by atoms with Gasteiger partial charge < -0.3 is 25.6 Å². The summed E-state index contributed by atoms with van der Waals surface area (Å²) < 4.78 is 0.